The van der Waals surface area contributed by atoms with Crippen molar-refractivity contribution in [3.63, 3.8) is 0 Å². The maximum absolute atomic E-state index is 12.8. The molecule has 0 radical (unpaired) electrons. The van der Waals surface area contributed by atoms with Crippen molar-refractivity contribution in [1.82, 2.24) is 14.5 Å². The van der Waals surface area contributed by atoms with Crippen molar-refractivity contribution in [2.45, 2.75) is 49.7 Å². The van der Waals surface area contributed by atoms with Gasteiger partial charge >= 0.3 is 0 Å². The highest BCUT2D eigenvalue weighted by Gasteiger charge is 2.35. The molecule has 4 nitrogen and oxygen atoms in total. The Labute approximate surface area is 147 Å². The second-order valence-electron chi connectivity index (χ2n) is 7.07. The lowest BCUT2D eigenvalue weighted by Gasteiger charge is -2.44. The van der Waals surface area contributed by atoms with Crippen LogP contribution in [-0.2, 0) is 11.8 Å². The first-order chi connectivity index (χ1) is 11.7. The van der Waals surface area contributed by atoms with Crippen LogP contribution in [0.4, 0.5) is 0 Å². The number of nitrogens with zero attached hydrogens (tertiary/aromatic N) is 3. The van der Waals surface area contributed by atoms with Gasteiger partial charge in [0.05, 0.1) is 16.8 Å². The first-order valence-corrected chi connectivity index (χ1v) is 10.1. The quantitative estimate of drug-likeness (QED) is 0.795. The average Bonchev–Trinajstić information content (AvgIpc) is 2.95. The Morgan fingerprint density at radius 1 is 1.21 bits per heavy atom. The molecule has 2 atom stereocenters. The minimum atomic E-state index is 0.295. The number of likely N-dealkylation sites (tertiary alicyclic amines) is 1. The van der Waals surface area contributed by atoms with E-state index in [9.17, 15) is 4.79 Å². The van der Waals surface area contributed by atoms with E-state index in [0.717, 1.165) is 28.7 Å². The lowest BCUT2D eigenvalue weighted by molar-refractivity contribution is -0.134. The van der Waals surface area contributed by atoms with Crippen LogP contribution >= 0.6 is 11.8 Å². The van der Waals surface area contributed by atoms with Crippen molar-refractivity contribution < 1.29 is 4.79 Å². The molecular weight excluding hydrogens is 318 g/mol. The first kappa shape index (κ1) is 16.0. The summed E-state index contributed by atoms with van der Waals surface area (Å²) in [6.45, 7) is 0.948. The summed E-state index contributed by atoms with van der Waals surface area (Å²) in [4.78, 5) is 19.7. The SMILES string of the molecule is Cn1c(SCC(=O)N2CCCC3CCCCC32)nc2ccccc21. The van der Waals surface area contributed by atoms with Crippen LogP contribution in [-0.4, -0.2) is 38.7 Å². The number of carbonyl (C=O) groups is 1. The number of rotatable bonds is 3. The number of amides is 1. The summed E-state index contributed by atoms with van der Waals surface area (Å²) < 4.78 is 2.09. The smallest absolute Gasteiger partial charge is 0.233 e. The predicted octanol–water partition coefficient (Wildman–Crippen LogP) is 3.85. The summed E-state index contributed by atoms with van der Waals surface area (Å²) in [6.07, 6.45) is 7.62. The van der Waals surface area contributed by atoms with Gasteiger partial charge in [0.2, 0.25) is 5.91 Å². The molecular formula is C19H25N3OS. The van der Waals surface area contributed by atoms with Gasteiger partial charge in [-0.1, -0.05) is 36.7 Å². The van der Waals surface area contributed by atoms with E-state index in [-0.39, 0.29) is 0 Å². The number of piperidine rings is 1. The maximum atomic E-state index is 12.8. The van der Waals surface area contributed by atoms with Gasteiger partial charge in [-0.05, 0) is 43.7 Å². The minimum Gasteiger partial charge on any atom is -0.339 e. The summed E-state index contributed by atoms with van der Waals surface area (Å²) in [5, 5.41) is 0.932. The van der Waals surface area contributed by atoms with Gasteiger partial charge < -0.3 is 9.47 Å². The predicted molar refractivity (Wildman–Crippen MR) is 98.1 cm³/mol. The van der Waals surface area contributed by atoms with E-state index < -0.39 is 0 Å². The molecule has 2 heterocycles. The number of para-hydroxylation sites is 2. The third-order valence-corrected chi connectivity index (χ3v) is 6.65. The standard InChI is InChI=1S/C19H25N3OS/c1-21-17-11-5-3-9-15(17)20-19(21)24-13-18(23)22-12-6-8-14-7-2-4-10-16(14)22/h3,5,9,11,14,16H,2,4,6-8,10,12-13H2,1H3. The zero-order valence-electron chi connectivity index (χ0n) is 14.3. The molecule has 0 spiro atoms. The lowest BCUT2D eigenvalue weighted by Crippen LogP contribution is -2.50. The van der Waals surface area contributed by atoms with E-state index in [1.54, 1.807) is 11.8 Å². The molecule has 0 N–H and O–H groups in total. The Kier molecular flexibility index (Phi) is 4.53. The van der Waals surface area contributed by atoms with E-state index in [1.807, 2.05) is 25.2 Å². The normalized spacial score (nSPS) is 24.1. The number of thioether (sulfide) groups is 1. The van der Waals surface area contributed by atoms with Crippen LogP contribution in [0.25, 0.3) is 11.0 Å². The van der Waals surface area contributed by atoms with E-state index >= 15 is 0 Å². The van der Waals surface area contributed by atoms with E-state index in [4.69, 9.17) is 0 Å². The second kappa shape index (κ2) is 6.79. The number of carbonyl (C=O) groups excluding carboxylic acids is 1. The molecule has 0 bridgehead atoms. The fourth-order valence-corrected chi connectivity index (χ4v) is 5.27. The maximum Gasteiger partial charge on any atom is 0.233 e. The monoisotopic (exact) mass is 343 g/mol. The van der Waals surface area contributed by atoms with Crippen molar-refractivity contribution in [1.29, 1.82) is 0 Å². The third-order valence-electron chi connectivity index (χ3n) is 5.63. The molecule has 1 amide bonds. The summed E-state index contributed by atoms with van der Waals surface area (Å²) in [5.74, 6) is 1.54. The number of benzene rings is 1. The van der Waals surface area contributed by atoms with Crippen LogP contribution in [0.2, 0.25) is 0 Å². The number of hydrogen-bond acceptors (Lipinski definition) is 3. The van der Waals surface area contributed by atoms with Gasteiger partial charge in [-0.2, -0.15) is 0 Å². The number of imidazole rings is 1. The van der Waals surface area contributed by atoms with Gasteiger partial charge in [-0.3, -0.25) is 4.79 Å². The molecule has 1 aliphatic carbocycles. The molecule has 5 heteroatoms. The molecule has 2 aliphatic rings. The summed E-state index contributed by atoms with van der Waals surface area (Å²) in [6, 6.07) is 8.64. The van der Waals surface area contributed by atoms with E-state index in [2.05, 4.69) is 20.5 Å². The Morgan fingerprint density at radius 2 is 2.00 bits per heavy atom. The highest BCUT2D eigenvalue weighted by Crippen LogP contribution is 2.35. The van der Waals surface area contributed by atoms with Crippen LogP contribution in [0.1, 0.15) is 38.5 Å². The van der Waals surface area contributed by atoms with Gasteiger partial charge in [0.25, 0.3) is 0 Å². The van der Waals surface area contributed by atoms with Gasteiger partial charge in [-0.25, -0.2) is 4.98 Å². The first-order valence-electron chi connectivity index (χ1n) is 9.08. The molecule has 1 saturated heterocycles. The van der Waals surface area contributed by atoms with Crippen LogP contribution in [0.3, 0.4) is 0 Å². The van der Waals surface area contributed by atoms with E-state index in [1.165, 1.54) is 38.5 Å². The molecule has 2 unspecified atom stereocenters. The largest absolute Gasteiger partial charge is 0.339 e. The molecule has 128 valence electrons. The Hall–Kier alpha value is -1.49. The summed E-state index contributed by atoms with van der Waals surface area (Å²) >= 11 is 1.57. The Bertz CT molecular complexity index is 739. The van der Waals surface area contributed by atoms with Crippen LogP contribution in [0.5, 0.6) is 0 Å². The molecule has 1 aromatic heterocycles. The van der Waals surface area contributed by atoms with Gasteiger partial charge in [0.1, 0.15) is 0 Å². The number of aryl methyl sites for hydroxylation is 1. The zero-order valence-corrected chi connectivity index (χ0v) is 15.1. The third kappa shape index (κ3) is 2.94. The highest BCUT2D eigenvalue weighted by molar-refractivity contribution is 7.99. The molecule has 2 fully saturated rings. The van der Waals surface area contributed by atoms with Crippen LogP contribution in [0, 0.1) is 5.92 Å². The average molecular weight is 343 g/mol. The molecule has 2 aromatic rings. The minimum absolute atomic E-state index is 0.295. The highest BCUT2D eigenvalue weighted by atomic mass is 32.2. The molecule has 24 heavy (non-hydrogen) atoms. The lowest BCUT2D eigenvalue weighted by atomic mass is 9.78. The van der Waals surface area contributed by atoms with Gasteiger partial charge in [0.15, 0.2) is 5.16 Å². The zero-order chi connectivity index (χ0) is 16.5. The van der Waals surface area contributed by atoms with Gasteiger partial charge in [0, 0.05) is 19.6 Å². The Morgan fingerprint density at radius 3 is 2.88 bits per heavy atom. The number of fused-ring (bicyclic) bond motifs is 2. The topological polar surface area (TPSA) is 38.1 Å². The van der Waals surface area contributed by atoms with Crippen LogP contribution in [0.15, 0.2) is 29.4 Å². The number of hydrogen-bond donors (Lipinski definition) is 0. The second-order valence-corrected chi connectivity index (χ2v) is 8.01. The fourth-order valence-electron chi connectivity index (χ4n) is 4.40. The molecule has 1 aromatic carbocycles. The van der Waals surface area contributed by atoms with Crippen molar-refractivity contribution in [3.8, 4) is 0 Å². The summed E-state index contributed by atoms with van der Waals surface area (Å²) in [7, 11) is 2.03. The Balaban J connectivity index is 1.44. The van der Waals surface area contributed by atoms with E-state index in [0.29, 0.717) is 17.7 Å². The number of aromatic nitrogens is 2. The molecule has 1 aliphatic heterocycles. The van der Waals surface area contributed by atoms with Crippen LogP contribution < -0.4 is 0 Å². The van der Waals surface area contributed by atoms with Crippen molar-refractivity contribution >= 4 is 28.7 Å². The molecule has 4 rings (SSSR count). The van der Waals surface area contributed by atoms with Crippen molar-refractivity contribution in [2.75, 3.05) is 12.3 Å². The van der Waals surface area contributed by atoms with Crippen molar-refractivity contribution in [3.05, 3.63) is 24.3 Å². The van der Waals surface area contributed by atoms with Gasteiger partial charge in [-0.15, -0.1) is 0 Å². The fraction of sp³-hybridized carbons (Fsp3) is 0.579. The molecule has 1 saturated carbocycles. The summed E-state index contributed by atoms with van der Waals surface area (Å²) in [5.41, 5.74) is 2.12. The van der Waals surface area contributed by atoms with Crippen molar-refractivity contribution in [2.24, 2.45) is 13.0 Å².